The number of nitrogens with two attached hydrogens (primary N) is 1. The molecular weight excluding hydrogens is 254 g/mol. The van der Waals surface area contributed by atoms with Crippen LogP contribution in [-0.4, -0.2) is 23.0 Å². The minimum Gasteiger partial charge on any atom is -0.409 e. The van der Waals surface area contributed by atoms with Gasteiger partial charge in [0.15, 0.2) is 5.84 Å². The summed E-state index contributed by atoms with van der Waals surface area (Å²) in [5.74, 6) is -0.00361. The van der Waals surface area contributed by atoms with Crippen LogP contribution >= 0.6 is 0 Å². The molecule has 0 bridgehead atoms. The molecule has 1 rings (SSSR count). The van der Waals surface area contributed by atoms with E-state index in [2.05, 4.69) is 10.5 Å². The van der Waals surface area contributed by atoms with Gasteiger partial charge in [-0.1, -0.05) is 43.3 Å². The fraction of sp³-hybridized carbons (Fsp3) is 0.467. The number of aryl methyl sites for hydroxylation is 2. The van der Waals surface area contributed by atoms with E-state index >= 15 is 0 Å². The molecule has 0 heterocycles. The number of hydrogen-bond acceptors (Lipinski definition) is 3. The van der Waals surface area contributed by atoms with Crippen LogP contribution in [0, 0.1) is 12.8 Å². The molecule has 1 atom stereocenters. The Morgan fingerprint density at radius 3 is 2.60 bits per heavy atom. The van der Waals surface area contributed by atoms with Crippen LogP contribution in [0.5, 0.6) is 0 Å². The van der Waals surface area contributed by atoms with Crippen molar-refractivity contribution >= 4 is 11.7 Å². The first-order valence-electron chi connectivity index (χ1n) is 6.77. The van der Waals surface area contributed by atoms with Crippen molar-refractivity contribution in [2.24, 2.45) is 16.8 Å². The van der Waals surface area contributed by atoms with Crippen LogP contribution in [0.4, 0.5) is 0 Å². The summed E-state index contributed by atoms with van der Waals surface area (Å²) in [5, 5.41) is 14.5. The molecule has 0 aliphatic heterocycles. The van der Waals surface area contributed by atoms with E-state index in [4.69, 9.17) is 10.9 Å². The summed E-state index contributed by atoms with van der Waals surface area (Å²) >= 11 is 0. The van der Waals surface area contributed by atoms with Crippen LogP contribution in [0.3, 0.4) is 0 Å². The number of rotatable bonds is 6. The number of carbonyl (C=O) groups is 1. The zero-order chi connectivity index (χ0) is 15.1. The first kappa shape index (κ1) is 16.0. The highest BCUT2D eigenvalue weighted by atomic mass is 16.4. The first-order valence-corrected chi connectivity index (χ1v) is 6.77. The molecule has 1 aromatic rings. The third-order valence-electron chi connectivity index (χ3n) is 3.30. The molecule has 0 aromatic heterocycles. The molecule has 0 saturated carbocycles. The molecular formula is C15H23N3O2. The van der Waals surface area contributed by atoms with Crippen molar-refractivity contribution < 1.29 is 10.0 Å². The summed E-state index contributed by atoms with van der Waals surface area (Å²) in [5.41, 5.74) is 7.92. The molecule has 20 heavy (non-hydrogen) atoms. The van der Waals surface area contributed by atoms with Gasteiger partial charge in [-0.3, -0.25) is 4.79 Å². The van der Waals surface area contributed by atoms with Crippen LogP contribution in [0.1, 0.15) is 31.4 Å². The lowest BCUT2D eigenvalue weighted by atomic mass is 10.0. The van der Waals surface area contributed by atoms with Crippen molar-refractivity contribution in [3.05, 3.63) is 35.4 Å². The van der Waals surface area contributed by atoms with E-state index in [0.717, 1.165) is 5.56 Å². The molecule has 0 radical (unpaired) electrons. The lowest BCUT2D eigenvalue weighted by molar-refractivity contribution is -0.121. The van der Waals surface area contributed by atoms with Crippen LogP contribution in [0.2, 0.25) is 0 Å². The number of carbonyl (C=O) groups excluding carboxylic acids is 1. The maximum absolute atomic E-state index is 12.0. The Bertz CT molecular complexity index is 484. The van der Waals surface area contributed by atoms with E-state index < -0.39 is 6.04 Å². The highest BCUT2D eigenvalue weighted by molar-refractivity contribution is 5.90. The van der Waals surface area contributed by atoms with Crippen LogP contribution in [-0.2, 0) is 11.2 Å². The number of amides is 1. The van der Waals surface area contributed by atoms with Crippen molar-refractivity contribution in [2.75, 3.05) is 0 Å². The van der Waals surface area contributed by atoms with Gasteiger partial charge in [-0.25, -0.2) is 0 Å². The Balaban J connectivity index is 2.57. The maximum atomic E-state index is 12.0. The van der Waals surface area contributed by atoms with Gasteiger partial charge in [0.25, 0.3) is 0 Å². The topological polar surface area (TPSA) is 87.7 Å². The second-order valence-electron chi connectivity index (χ2n) is 5.24. The minimum absolute atomic E-state index is 0.0317. The van der Waals surface area contributed by atoms with E-state index in [1.54, 1.807) is 0 Å². The minimum atomic E-state index is -0.440. The van der Waals surface area contributed by atoms with Gasteiger partial charge >= 0.3 is 0 Å². The summed E-state index contributed by atoms with van der Waals surface area (Å²) < 4.78 is 0. The monoisotopic (exact) mass is 277 g/mol. The molecule has 0 spiro atoms. The molecule has 0 fully saturated rings. The average Bonchev–Trinajstić information content (AvgIpc) is 2.42. The molecule has 0 aliphatic rings. The van der Waals surface area contributed by atoms with Crippen molar-refractivity contribution in [2.45, 2.75) is 39.7 Å². The zero-order valence-corrected chi connectivity index (χ0v) is 12.3. The summed E-state index contributed by atoms with van der Waals surface area (Å²) in [4.78, 5) is 12.0. The molecule has 5 heteroatoms. The number of hydrogen-bond donors (Lipinski definition) is 3. The Labute approximate surface area is 119 Å². The van der Waals surface area contributed by atoms with Crippen molar-refractivity contribution in [3.63, 3.8) is 0 Å². The van der Waals surface area contributed by atoms with E-state index in [0.29, 0.717) is 12.8 Å². The largest absolute Gasteiger partial charge is 0.409 e. The number of amidine groups is 1. The van der Waals surface area contributed by atoms with Crippen LogP contribution in [0.25, 0.3) is 0 Å². The number of benzene rings is 1. The Morgan fingerprint density at radius 1 is 1.40 bits per heavy atom. The first-order chi connectivity index (χ1) is 9.45. The molecule has 5 nitrogen and oxygen atoms in total. The Hall–Kier alpha value is -2.04. The van der Waals surface area contributed by atoms with E-state index in [1.807, 2.05) is 45.0 Å². The van der Waals surface area contributed by atoms with Gasteiger partial charge in [0.2, 0.25) is 5.91 Å². The second kappa shape index (κ2) is 7.53. The Morgan fingerprint density at radius 2 is 2.05 bits per heavy atom. The fourth-order valence-corrected chi connectivity index (χ4v) is 2.03. The van der Waals surface area contributed by atoms with Gasteiger partial charge in [-0.2, -0.15) is 0 Å². The fourth-order valence-electron chi connectivity index (χ4n) is 2.03. The summed E-state index contributed by atoms with van der Waals surface area (Å²) in [6, 6.07) is 7.55. The molecule has 110 valence electrons. The molecule has 1 aromatic carbocycles. The van der Waals surface area contributed by atoms with Gasteiger partial charge in [-0.05, 0) is 30.4 Å². The van der Waals surface area contributed by atoms with Gasteiger partial charge in [0.05, 0.1) is 6.04 Å². The number of oxime groups is 1. The molecule has 1 unspecified atom stereocenters. The number of nitrogens with one attached hydrogen (secondary N) is 1. The lowest BCUT2D eigenvalue weighted by Gasteiger charge is -2.20. The van der Waals surface area contributed by atoms with Crippen LogP contribution < -0.4 is 11.1 Å². The molecule has 0 aliphatic carbocycles. The molecule has 0 saturated heterocycles. The maximum Gasteiger partial charge on any atom is 0.220 e. The standard InChI is InChI=1S/C15H23N3O2/c1-10(2)14(15(16)18-20)17-13(19)9-8-12-7-5-4-6-11(12)3/h4-7,10,14,20H,8-9H2,1-3H3,(H2,16,18)(H,17,19). The highest BCUT2D eigenvalue weighted by Crippen LogP contribution is 2.10. The lowest BCUT2D eigenvalue weighted by Crippen LogP contribution is -2.47. The second-order valence-corrected chi connectivity index (χ2v) is 5.24. The van der Waals surface area contributed by atoms with Crippen molar-refractivity contribution in [1.29, 1.82) is 0 Å². The van der Waals surface area contributed by atoms with Crippen molar-refractivity contribution in [1.82, 2.24) is 5.32 Å². The quantitative estimate of drug-likeness (QED) is 0.321. The third-order valence-corrected chi connectivity index (χ3v) is 3.30. The summed E-state index contributed by atoms with van der Waals surface area (Å²) in [7, 11) is 0. The van der Waals surface area contributed by atoms with Gasteiger partial charge in [-0.15, -0.1) is 0 Å². The van der Waals surface area contributed by atoms with Crippen LogP contribution in [0.15, 0.2) is 29.4 Å². The predicted molar refractivity (Wildman–Crippen MR) is 79.7 cm³/mol. The normalized spacial score (nSPS) is 13.3. The zero-order valence-electron chi connectivity index (χ0n) is 12.3. The summed E-state index contributed by atoms with van der Waals surface area (Å²) in [6.07, 6.45) is 1.06. The Kier molecular flexibility index (Phi) is 6.03. The molecule has 1 amide bonds. The third kappa shape index (κ3) is 4.57. The molecule has 4 N–H and O–H groups in total. The van der Waals surface area contributed by atoms with Gasteiger partial charge in [0.1, 0.15) is 0 Å². The van der Waals surface area contributed by atoms with Crippen molar-refractivity contribution in [3.8, 4) is 0 Å². The van der Waals surface area contributed by atoms with Gasteiger partial charge in [0, 0.05) is 6.42 Å². The highest BCUT2D eigenvalue weighted by Gasteiger charge is 2.20. The van der Waals surface area contributed by atoms with Gasteiger partial charge < -0.3 is 16.3 Å². The number of nitrogens with zero attached hydrogens (tertiary/aromatic N) is 1. The smallest absolute Gasteiger partial charge is 0.220 e. The SMILES string of the molecule is Cc1ccccc1CCC(=O)NC(C(N)=NO)C(C)C. The van der Waals surface area contributed by atoms with E-state index in [-0.39, 0.29) is 17.7 Å². The van der Waals surface area contributed by atoms with E-state index in [1.165, 1.54) is 5.56 Å². The average molecular weight is 277 g/mol. The summed E-state index contributed by atoms with van der Waals surface area (Å²) in [6.45, 7) is 5.84. The van der Waals surface area contributed by atoms with E-state index in [9.17, 15) is 4.79 Å². The predicted octanol–water partition coefficient (Wildman–Crippen LogP) is 1.81.